The van der Waals surface area contributed by atoms with Gasteiger partial charge in [-0.25, -0.2) is 13.1 Å². The highest BCUT2D eigenvalue weighted by molar-refractivity contribution is 7.89. The predicted octanol–water partition coefficient (Wildman–Crippen LogP) is 2.01. The maximum atomic E-state index is 12.4. The number of ether oxygens (including phenoxy) is 1. The van der Waals surface area contributed by atoms with Gasteiger partial charge in [-0.05, 0) is 44.2 Å². The molecule has 5 nitrogen and oxygen atoms in total. The molecule has 0 saturated heterocycles. The normalized spacial score (nSPS) is 22.8. The highest BCUT2D eigenvalue weighted by Gasteiger charge is 2.29. The molecule has 0 atom stereocenters. The third-order valence-electron chi connectivity index (χ3n) is 3.97. The van der Waals surface area contributed by atoms with Gasteiger partial charge in [-0.1, -0.05) is 18.2 Å². The molecule has 1 aromatic rings. The quantitative estimate of drug-likeness (QED) is 0.863. The molecule has 1 saturated carbocycles. The van der Waals surface area contributed by atoms with Crippen molar-refractivity contribution >= 4 is 16.0 Å². The Morgan fingerprint density at radius 3 is 2.38 bits per heavy atom. The average Bonchev–Trinajstić information content (AvgIpc) is 2.47. The third kappa shape index (κ3) is 3.83. The molecule has 2 rings (SSSR count). The van der Waals surface area contributed by atoms with Gasteiger partial charge in [0.1, 0.15) is 0 Å². The van der Waals surface area contributed by atoms with Crippen LogP contribution in [0.5, 0.6) is 0 Å². The lowest BCUT2D eigenvalue weighted by Crippen LogP contribution is -2.39. The van der Waals surface area contributed by atoms with Crippen LogP contribution < -0.4 is 4.72 Å². The second-order valence-electron chi connectivity index (χ2n) is 5.46. The van der Waals surface area contributed by atoms with E-state index < -0.39 is 10.0 Å². The van der Waals surface area contributed by atoms with Crippen molar-refractivity contribution in [2.24, 2.45) is 5.92 Å². The first-order valence-electron chi connectivity index (χ1n) is 7.10. The van der Waals surface area contributed by atoms with Crippen molar-refractivity contribution in [2.75, 3.05) is 7.11 Å². The van der Waals surface area contributed by atoms with E-state index in [1.807, 2.05) is 6.07 Å². The first kappa shape index (κ1) is 16.0. The number of benzene rings is 1. The summed E-state index contributed by atoms with van der Waals surface area (Å²) in [6, 6.07) is 6.81. The number of carbonyl (C=O) groups excluding carboxylic acids is 1. The Hall–Kier alpha value is -1.40. The summed E-state index contributed by atoms with van der Waals surface area (Å²) >= 11 is 0. The molecule has 0 unspecified atom stereocenters. The number of nitrogens with one attached hydrogen (secondary N) is 1. The minimum atomic E-state index is -3.50. The van der Waals surface area contributed by atoms with Crippen molar-refractivity contribution in [2.45, 2.75) is 43.5 Å². The molecule has 0 radical (unpaired) electrons. The van der Waals surface area contributed by atoms with Gasteiger partial charge in [0.25, 0.3) is 0 Å². The lowest BCUT2D eigenvalue weighted by molar-refractivity contribution is -0.146. The Morgan fingerprint density at radius 1 is 1.19 bits per heavy atom. The Bertz CT molecular complexity index is 604. The molecule has 1 aliphatic carbocycles. The number of methoxy groups -OCH3 is 1. The molecular formula is C15H21NO4S. The van der Waals surface area contributed by atoms with E-state index >= 15 is 0 Å². The molecular weight excluding hydrogens is 290 g/mol. The van der Waals surface area contributed by atoms with Crippen molar-refractivity contribution in [1.82, 2.24) is 4.72 Å². The highest BCUT2D eigenvalue weighted by atomic mass is 32.2. The Morgan fingerprint density at radius 2 is 1.81 bits per heavy atom. The van der Waals surface area contributed by atoms with E-state index in [9.17, 15) is 13.2 Å². The van der Waals surface area contributed by atoms with Crippen LogP contribution in [-0.4, -0.2) is 27.5 Å². The fourth-order valence-electron chi connectivity index (χ4n) is 2.75. The molecule has 116 valence electrons. The summed E-state index contributed by atoms with van der Waals surface area (Å²) in [7, 11) is -2.12. The smallest absolute Gasteiger partial charge is 0.308 e. The van der Waals surface area contributed by atoms with Crippen LogP contribution in [0.1, 0.15) is 31.2 Å². The molecule has 0 aliphatic heterocycles. The topological polar surface area (TPSA) is 72.5 Å². The fourth-order valence-corrected chi connectivity index (χ4v) is 4.31. The predicted molar refractivity (Wildman–Crippen MR) is 79.3 cm³/mol. The number of rotatable bonds is 4. The molecule has 0 bridgehead atoms. The van der Waals surface area contributed by atoms with Crippen molar-refractivity contribution in [1.29, 1.82) is 0 Å². The zero-order valence-electron chi connectivity index (χ0n) is 12.3. The second-order valence-corrected chi connectivity index (χ2v) is 7.14. The van der Waals surface area contributed by atoms with Crippen molar-refractivity contribution in [3.05, 3.63) is 29.8 Å². The molecule has 1 fully saturated rings. The van der Waals surface area contributed by atoms with Crippen LogP contribution in [0.25, 0.3) is 0 Å². The van der Waals surface area contributed by atoms with Crippen LogP contribution in [0, 0.1) is 12.8 Å². The van der Waals surface area contributed by atoms with Crippen molar-refractivity contribution in [3.63, 3.8) is 0 Å². The third-order valence-corrected chi connectivity index (χ3v) is 5.65. The SMILES string of the molecule is COC(=O)C1CCC(NS(=O)(=O)c2ccccc2C)CC1. The summed E-state index contributed by atoms with van der Waals surface area (Å²) in [6.45, 7) is 1.78. The van der Waals surface area contributed by atoms with E-state index in [0.717, 1.165) is 5.56 Å². The van der Waals surface area contributed by atoms with Gasteiger partial charge in [0.15, 0.2) is 0 Å². The van der Waals surface area contributed by atoms with Gasteiger partial charge < -0.3 is 4.74 Å². The Balaban J connectivity index is 2.00. The maximum Gasteiger partial charge on any atom is 0.308 e. The summed E-state index contributed by atoms with van der Waals surface area (Å²) in [5, 5.41) is 0. The summed E-state index contributed by atoms with van der Waals surface area (Å²) < 4.78 is 32.3. The highest BCUT2D eigenvalue weighted by Crippen LogP contribution is 2.26. The lowest BCUT2D eigenvalue weighted by atomic mass is 9.86. The standard InChI is InChI=1S/C15H21NO4S/c1-11-5-3-4-6-14(11)21(18,19)16-13-9-7-12(8-10-13)15(17)20-2/h3-6,12-13,16H,7-10H2,1-2H3. The zero-order chi connectivity index (χ0) is 15.5. The molecule has 0 aromatic heterocycles. The van der Waals surface area contributed by atoms with Gasteiger partial charge in [-0.2, -0.15) is 0 Å². The first-order chi connectivity index (χ1) is 9.94. The van der Waals surface area contributed by atoms with Gasteiger partial charge in [0.2, 0.25) is 10.0 Å². The van der Waals surface area contributed by atoms with Crippen molar-refractivity contribution in [3.8, 4) is 0 Å². The number of carbonyl (C=O) groups is 1. The van der Waals surface area contributed by atoms with Gasteiger partial charge in [0.05, 0.1) is 17.9 Å². The van der Waals surface area contributed by atoms with Crippen LogP contribution in [0.15, 0.2) is 29.2 Å². The largest absolute Gasteiger partial charge is 0.469 e. The number of esters is 1. The number of sulfonamides is 1. The molecule has 1 aromatic carbocycles. The van der Waals surface area contributed by atoms with E-state index in [1.54, 1.807) is 25.1 Å². The van der Waals surface area contributed by atoms with E-state index in [2.05, 4.69) is 4.72 Å². The average molecular weight is 311 g/mol. The molecule has 6 heteroatoms. The van der Waals surface area contributed by atoms with Crippen LogP contribution in [-0.2, 0) is 19.6 Å². The zero-order valence-corrected chi connectivity index (χ0v) is 13.2. The van der Waals surface area contributed by atoms with Gasteiger partial charge >= 0.3 is 5.97 Å². The number of hydrogen-bond donors (Lipinski definition) is 1. The Kier molecular flexibility index (Phi) is 5.00. The summed E-state index contributed by atoms with van der Waals surface area (Å²) in [6.07, 6.45) is 2.64. The van der Waals surface area contributed by atoms with Crippen LogP contribution in [0.2, 0.25) is 0 Å². The monoisotopic (exact) mass is 311 g/mol. The summed E-state index contributed by atoms with van der Waals surface area (Å²) in [5.41, 5.74) is 0.730. The summed E-state index contributed by atoms with van der Waals surface area (Å²) in [5.74, 6) is -0.301. The number of aryl methyl sites for hydroxylation is 1. The van der Waals surface area contributed by atoms with Crippen LogP contribution in [0.4, 0.5) is 0 Å². The van der Waals surface area contributed by atoms with Gasteiger partial charge in [0, 0.05) is 6.04 Å². The van der Waals surface area contributed by atoms with Crippen LogP contribution in [0.3, 0.4) is 0 Å². The van der Waals surface area contributed by atoms with E-state index in [-0.39, 0.29) is 17.9 Å². The minimum Gasteiger partial charge on any atom is -0.469 e. The molecule has 0 spiro atoms. The van der Waals surface area contributed by atoms with E-state index in [1.165, 1.54) is 7.11 Å². The molecule has 0 amide bonds. The van der Waals surface area contributed by atoms with Crippen LogP contribution >= 0.6 is 0 Å². The minimum absolute atomic E-state index is 0.103. The summed E-state index contributed by atoms with van der Waals surface area (Å²) in [4.78, 5) is 11.8. The molecule has 21 heavy (non-hydrogen) atoms. The maximum absolute atomic E-state index is 12.4. The first-order valence-corrected chi connectivity index (χ1v) is 8.58. The van der Waals surface area contributed by atoms with Gasteiger partial charge in [-0.15, -0.1) is 0 Å². The number of hydrogen-bond acceptors (Lipinski definition) is 4. The lowest BCUT2D eigenvalue weighted by Gasteiger charge is -2.27. The fraction of sp³-hybridized carbons (Fsp3) is 0.533. The Labute approximate surface area is 125 Å². The molecule has 1 aliphatic rings. The second kappa shape index (κ2) is 6.58. The van der Waals surface area contributed by atoms with Gasteiger partial charge in [-0.3, -0.25) is 4.79 Å². The molecule has 0 heterocycles. The van der Waals surface area contributed by atoms with Crippen molar-refractivity contribution < 1.29 is 17.9 Å². The van der Waals surface area contributed by atoms with E-state index in [0.29, 0.717) is 30.6 Å². The molecule has 1 N–H and O–H groups in total. The van der Waals surface area contributed by atoms with E-state index in [4.69, 9.17) is 4.74 Å².